The zero-order valence-electron chi connectivity index (χ0n) is 11.1. The van der Waals surface area contributed by atoms with Gasteiger partial charge in [-0.1, -0.05) is 15.9 Å². The molecule has 0 saturated carbocycles. The summed E-state index contributed by atoms with van der Waals surface area (Å²) in [5.74, 6) is 0.0812. The highest BCUT2D eigenvalue weighted by molar-refractivity contribution is 9.10. The van der Waals surface area contributed by atoms with Gasteiger partial charge >= 0.3 is 0 Å². The fraction of sp³-hybridized carbons (Fsp3) is 0.500. The fourth-order valence-electron chi connectivity index (χ4n) is 2.57. The van der Waals surface area contributed by atoms with Gasteiger partial charge in [0.05, 0.1) is 0 Å². The topological polar surface area (TPSA) is 58.4 Å². The van der Waals surface area contributed by atoms with Crippen molar-refractivity contribution in [1.82, 2.24) is 5.32 Å². The molecule has 1 aliphatic rings. The first kappa shape index (κ1) is 14.3. The van der Waals surface area contributed by atoms with Crippen LogP contribution in [-0.4, -0.2) is 31.1 Å². The lowest BCUT2D eigenvalue weighted by molar-refractivity contribution is -0.122. The summed E-state index contributed by atoms with van der Waals surface area (Å²) in [6.45, 7) is 3.40. The molecule has 2 rings (SSSR count). The van der Waals surface area contributed by atoms with Crippen molar-refractivity contribution in [3.63, 3.8) is 0 Å². The van der Waals surface area contributed by atoms with Crippen molar-refractivity contribution in [3.8, 4) is 0 Å². The molecule has 3 N–H and O–H groups in total. The van der Waals surface area contributed by atoms with Gasteiger partial charge in [0.15, 0.2) is 0 Å². The lowest BCUT2D eigenvalue weighted by atomic mass is 10.1. The van der Waals surface area contributed by atoms with Crippen LogP contribution < -0.4 is 16.0 Å². The number of halogens is 1. The number of amides is 1. The zero-order chi connectivity index (χ0) is 13.8. The van der Waals surface area contributed by atoms with Crippen LogP contribution in [0.3, 0.4) is 0 Å². The van der Waals surface area contributed by atoms with Gasteiger partial charge in [-0.15, -0.1) is 0 Å². The van der Waals surface area contributed by atoms with Crippen molar-refractivity contribution in [2.75, 3.05) is 18.0 Å². The van der Waals surface area contributed by atoms with Gasteiger partial charge in [0, 0.05) is 22.7 Å². The van der Waals surface area contributed by atoms with Gasteiger partial charge in [-0.3, -0.25) is 4.79 Å². The maximum absolute atomic E-state index is 12.2. The number of nitrogens with two attached hydrogens (primary N) is 1. The first-order valence-electron chi connectivity index (χ1n) is 6.65. The van der Waals surface area contributed by atoms with Gasteiger partial charge in [0.25, 0.3) is 0 Å². The Kier molecular flexibility index (Phi) is 4.82. The second-order valence-corrected chi connectivity index (χ2v) is 5.82. The number of hydrogen-bond acceptors (Lipinski definition) is 3. The van der Waals surface area contributed by atoms with Crippen LogP contribution in [0.25, 0.3) is 0 Å². The molecule has 0 aliphatic carbocycles. The van der Waals surface area contributed by atoms with Crippen LogP contribution in [0, 0.1) is 0 Å². The number of benzene rings is 1. The van der Waals surface area contributed by atoms with Gasteiger partial charge in [-0.25, -0.2) is 0 Å². The molecular weight excluding hydrogens is 306 g/mol. The number of nitrogens with one attached hydrogen (secondary N) is 1. The van der Waals surface area contributed by atoms with E-state index in [9.17, 15) is 4.79 Å². The number of carbonyl (C=O) groups is 1. The van der Waals surface area contributed by atoms with Gasteiger partial charge in [0.2, 0.25) is 5.91 Å². The molecule has 19 heavy (non-hydrogen) atoms. The lowest BCUT2D eigenvalue weighted by Gasteiger charge is -2.35. The summed E-state index contributed by atoms with van der Waals surface area (Å²) in [5, 5.41) is 2.98. The summed E-state index contributed by atoms with van der Waals surface area (Å²) < 4.78 is 1.04. The number of anilines is 1. The maximum atomic E-state index is 12.2. The Morgan fingerprint density at radius 3 is 2.74 bits per heavy atom. The van der Waals surface area contributed by atoms with E-state index < -0.39 is 0 Å². The summed E-state index contributed by atoms with van der Waals surface area (Å²) in [7, 11) is 0. The van der Waals surface area contributed by atoms with E-state index in [1.807, 2.05) is 24.3 Å². The van der Waals surface area contributed by atoms with E-state index in [2.05, 4.69) is 33.1 Å². The van der Waals surface area contributed by atoms with Gasteiger partial charge in [-0.05, 0) is 50.6 Å². The molecule has 1 fully saturated rings. The molecule has 1 aromatic carbocycles. The van der Waals surface area contributed by atoms with Crippen molar-refractivity contribution in [2.45, 2.75) is 31.8 Å². The molecule has 0 bridgehead atoms. The van der Waals surface area contributed by atoms with Crippen LogP contribution in [0.4, 0.5) is 5.69 Å². The van der Waals surface area contributed by atoms with Crippen molar-refractivity contribution < 1.29 is 4.79 Å². The monoisotopic (exact) mass is 325 g/mol. The van der Waals surface area contributed by atoms with E-state index in [0.29, 0.717) is 19.0 Å². The number of carbonyl (C=O) groups excluding carboxylic acids is 1. The van der Waals surface area contributed by atoms with E-state index in [1.165, 1.54) is 0 Å². The minimum Gasteiger partial charge on any atom is -0.357 e. The highest BCUT2D eigenvalue weighted by atomic mass is 79.9. The minimum absolute atomic E-state index is 0.0812. The largest absolute Gasteiger partial charge is 0.357 e. The van der Waals surface area contributed by atoms with E-state index in [1.54, 1.807) is 0 Å². The van der Waals surface area contributed by atoms with Crippen LogP contribution in [-0.2, 0) is 4.79 Å². The average molecular weight is 326 g/mol. The number of nitrogens with zero attached hydrogens (tertiary/aromatic N) is 1. The van der Waals surface area contributed by atoms with Crippen LogP contribution >= 0.6 is 15.9 Å². The molecule has 0 aromatic heterocycles. The molecule has 5 heteroatoms. The Labute approximate surface area is 122 Å². The van der Waals surface area contributed by atoms with Crippen LogP contribution in [0.5, 0.6) is 0 Å². The Balaban J connectivity index is 2.34. The van der Waals surface area contributed by atoms with E-state index in [-0.39, 0.29) is 11.9 Å². The van der Waals surface area contributed by atoms with Crippen LogP contribution in [0.2, 0.25) is 0 Å². The SMILES string of the molecule is CC1CCNC(=O)C(CCN)N1c1ccc(Br)cc1. The van der Waals surface area contributed by atoms with Gasteiger partial charge < -0.3 is 16.0 Å². The normalized spacial score (nSPS) is 23.9. The minimum atomic E-state index is -0.177. The quantitative estimate of drug-likeness (QED) is 0.892. The standard InChI is InChI=1S/C14H20BrN3O/c1-10-7-9-17-14(19)13(6-8-16)18(10)12-4-2-11(15)3-5-12/h2-5,10,13H,6-9,16H2,1H3,(H,17,19). The first-order chi connectivity index (χ1) is 9.13. The zero-order valence-corrected chi connectivity index (χ0v) is 12.7. The molecule has 104 valence electrons. The molecule has 1 aromatic rings. The first-order valence-corrected chi connectivity index (χ1v) is 7.44. The maximum Gasteiger partial charge on any atom is 0.242 e. The Hall–Kier alpha value is -1.07. The van der Waals surface area contributed by atoms with E-state index in [0.717, 1.165) is 23.1 Å². The molecule has 1 aliphatic heterocycles. The van der Waals surface area contributed by atoms with Gasteiger partial charge in [0.1, 0.15) is 6.04 Å². The third-order valence-corrected chi connectivity index (χ3v) is 4.07. The summed E-state index contributed by atoms with van der Waals surface area (Å²) in [5.41, 5.74) is 6.74. The average Bonchev–Trinajstić information content (AvgIpc) is 2.52. The van der Waals surface area contributed by atoms with Crippen molar-refractivity contribution >= 4 is 27.5 Å². The predicted molar refractivity (Wildman–Crippen MR) is 81.2 cm³/mol. The molecule has 1 saturated heterocycles. The van der Waals surface area contributed by atoms with E-state index >= 15 is 0 Å². The smallest absolute Gasteiger partial charge is 0.242 e. The summed E-state index contributed by atoms with van der Waals surface area (Å²) in [6.07, 6.45) is 1.62. The third-order valence-electron chi connectivity index (χ3n) is 3.54. The van der Waals surface area contributed by atoms with E-state index in [4.69, 9.17) is 5.73 Å². The Morgan fingerprint density at radius 2 is 2.11 bits per heavy atom. The molecule has 2 atom stereocenters. The van der Waals surface area contributed by atoms with Crippen LogP contribution in [0.15, 0.2) is 28.7 Å². The summed E-state index contributed by atoms with van der Waals surface area (Å²) in [6, 6.07) is 8.24. The molecule has 1 heterocycles. The molecule has 2 unspecified atom stereocenters. The van der Waals surface area contributed by atoms with Gasteiger partial charge in [-0.2, -0.15) is 0 Å². The van der Waals surface area contributed by atoms with Crippen molar-refractivity contribution in [1.29, 1.82) is 0 Å². The number of rotatable bonds is 3. The second-order valence-electron chi connectivity index (χ2n) is 4.91. The summed E-state index contributed by atoms with van der Waals surface area (Å²) in [4.78, 5) is 14.4. The summed E-state index contributed by atoms with van der Waals surface area (Å²) >= 11 is 3.44. The van der Waals surface area contributed by atoms with Crippen molar-refractivity contribution in [2.24, 2.45) is 5.73 Å². The highest BCUT2D eigenvalue weighted by Gasteiger charge is 2.31. The fourth-order valence-corrected chi connectivity index (χ4v) is 2.83. The Morgan fingerprint density at radius 1 is 1.42 bits per heavy atom. The molecule has 4 nitrogen and oxygen atoms in total. The Bertz CT molecular complexity index is 435. The van der Waals surface area contributed by atoms with Crippen LogP contribution in [0.1, 0.15) is 19.8 Å². The molecule has 0 spiro atoms. The lowest BCUT2D eigenvalue weighted by Crippen LogP contribution is -2.48. The molecular formula is C14H20BrN3O. The molecule has 0 radical (unpaired) electrons. The second kappa shape index (κ2) is 6.39. The highest BCUT2D eigenvalue weighted by Crippen LogP contribution is 2.26. The molecule has 1 amide bonds. The third kappa shape index (κ3) is 3.28. The van der Waals surface area contributed by atoms with Crippen molar-refractivity contribution in [3.05, 3.63) is 28.7 Å². The predicted octanol–water partition coefficient (Wildman–Crippen LogP) is 1.88. The number of hydrogen-bond donors (Lipinski definition) is 2.